The van der Waals surface area contributed by atoms with Gasteiger partial charge in [0.05, 0.1) is 0 Å². The van der Waals surface area contributed by atoms with Crippen molar-refractivity contribution >= 4 is 8.24 Å². The lowest BCUT2D eigenvalue weighted by Gasteiger charge is -2.39. The standard InChI is InChI=1S/C12H27NSi/c1-6-11-12-13(7-2)14(8-3,9-4)10-5/h11-12H,6-10H2,1-5H3. The fourth-order valence-corrected chi connectivity index (χ4v) is 6.00. The van der Waals surface area contributed by atoms with E-state index < -0.39 is 8.24 Å². The summed E-state index contributed by atoms with van der Waals surface area (Å²) < 4.78 is 2.65. The van der Waals surface area contributed by atoms with Crippen LogP contribution in [0, 0.1) is 0 Å². The van der Waals surface area contributed by atoms with Gasteiger partial charge in [-0.2, -0.15) is 0 Å². The maximum Gasteiger partial charge on any atom is 0.155 e. The molecule has 0 radical (unpaired) electrons. The number of hydrogen-bond acceptors (Lipinski definition) is 1. The summed E-state index contributed by atoms with van der Waals surface area (Å²) in [5, 5.41) is 0. The summed E-state index contributed by atoms with van der Waals surface area (Å²) >= 11 is 0. The molecule has 0 rings (SSSR count). The van der Waals surface area contributed by atoms with Gasteiger partial charge in [0, 0.05) is 6.54 Å². The van der Waals surface area contributed by atoms with E-state index in [1.54, 1.807) is 0 Å². The van der Waals surface area contributed by atoms with Crippen molar-refractivity contribution in [1.82, 2.24) is 4.57 Å². The lowest BCUT2D eigenvalue weighted by atomic mass is 10.5. The number of rotatable bonds is 7. The SMILES string of the molecule is CCC=CN(CC)[Si](CC)(CC)CC. The minimum atomic E-state index is -1.14. The van der Waals surface area contributed by atoms with E-state index in [4.69, 9.17) is 0 Å². The van der Waals surface area contributed by atoms with Crippen molar-refractivity contribution in [1.29, 1.82) is 0 Å². The van der Waals surface area contributed by atoms with Gasteiger partial charge in [-0.15, -0.1) is 0 Å². The molecule has 0 saturated carbocycles. The highest BCUT2D eigenvalue weighted by Gasteiger charge is 2.31. The van der Waals surface area contributed by atoms with Gasteiger partial charge in [0.25, 0.3) is 0 Å². The van der Waals surface area contributed by atoms with Gasteiger partial charge in [0.15, 0.2) is 8.24 Å². The van der Waals surface area contributed by atoms with Crippen LogP contribution in [-0.2, 0) is 0 Å². The molecule has 0 spiro atoms. The molecule has 0 amide bonds. The highest BCUT2D eigenvalue weighted by molar-refractivity contribution is 6.77. The Balaban J connectivity index is 4.65. The predicted octanol–water partition coefficient (Wildman–Crippen LogP) is 4.24. The average Bonchev–Trinajstić information content (AvgIpc) is 2.25. The van der Waals surface area contributed by atoms with Gasteiger partial charge < -0.3 is 4.57 Å². The van der Waals surface area contributed by atoms with Gasteiger partial charge in [0.1, 0.15) is 0 Å². The molecule has 0 aliphatic heterocycles. The summed E-state index contributed by atoms with van der Waals surface area (Å²) in [4.78, 5) is 0. The largest absolute Gasteiger partial charge is 0.403 e. The van der Waals surface area contributed by atoms with Crippen molar-refractivity contribution in [3.8, 4) is 0 Å². The maximum absolute atomic E-state index is 2.65. The van der Waals surface area contributed by atoms with Crippen LogP contribution in [0.4, 0.5) is 0 Å². The van der Waals surface area contributed by atoms with Gasteiger partial charge in [-0.1, -0.05) is 33.8 Å². The summed E-state index contributed by atoms with van der Waals surface area (Å²) in [5.74, 6) is 0. The van der Waals surface area contributed by atoms with Crippen LogP contribution in [0.1, 0.15) is 41.0 Å². The van der Waals surface area contributed by atoms with Crippen LogP contribution in [0.2, 0.25) is 18.1 Å². The first-order chi connectivity index (χ1) is 6.70. The molecule has 0 atom stereocenters. The third kappa shape index (κ3) is 3.16. The molecule has 0 unspecified atom stereocenters. The van der Waals surface area contributed by atoms with Gasteiger partial charge in [-0.25, -0.2) is 0 Å². The summed E-state index contributed by atoms with van der Waals surface area (Å²) in [6.45, 7) is 12.8. The second-order valence-electron chi connectivity index (χ2n) is 3.86. The fourth-order valence-electron chi connectivity index (χ4n) is 2.19. The first kappa shape index (κ1) is 13.8. The van der Waals surface area contributed by atoms with Crippen LogP contribution < -0.4 is 0 Å². The van der Waals surface area contributed by atoms with Crippen LogP contribution >= 0.6 is 0 Å². The Kier molecular flexibility index (Phi) is 6.98. The van der Waals surface area contributed by atoms with Crippen molar-refractivity contribution in [3.63, 3.8) is 0 Å². The Morgan fingerprint density at radius 3 is 1.71 bits per heavy atom. The molecule has 0 aromatic carbocycles. The molecule has 0 aromatic heterocycles. The van der Waals surface area contributed by atoms with Crippen LogP contribution in [0.25, 0.3) is 0 Å². The molecular weight excluding hydrogens is 186 g/mol. The zero-order chi connectivity index (χ0) is 11.0. The summed E-state index contributed by atoms with van der Waals surface area (Å²) in [6.07, 6.45) is 5.80. The second kappa shape index (κ2) is 7.10. The third-order valence-corrected chi connectivity index (χ3v) is 9.08. The van der Waals surface area contributed by atoms with E-state index in [0.717, 1.165) is 6.42 Å². The van der Waals surface area contributed by atoms with Crippen molar-refractivity contribution in [2.24, 2.45) is 0 Å². The molecule has 0 bridgehead atoms. The van der Waals surface area contributed by atoms with E-state index in [9.17, 15) is 0 Å². The Hall–Kier alpha value is -0.243. The monoisotopic (exact) mass is 213 g/mol. The number of hydrogen-bond donors (Lipinski definition) is 0. The smallest absolute Gasteiger partial charge is 0.155 e. The maximum atomic E-state index is 2.65. The molecule has 0 aliphatic rings. The van der Waals surface area contributed by atoms with Crippen molar-refractivity contribution in [2.75, 3.05) is 6.54 Å². The average molecular weight is 213 g/mol. The normalized spacial score (nSPS) is 12.4. The molecule has 84 valence electrons. The number of nitrogens with zero attached hydrogens (tertiary/aromatic N) is 1. The zero-order valence-electron chi connectivity index (χ0n) is 10.6. The highest BCUT2D eigenvalue weighted by Crippen LogP contribution is 2.25. The second-order valence-corrected chi connectivity index (χ2v) is 9.01. The Morgan fingerprint density at radius 1 is 0.929 bits per heavy atom. The number of allylic oxidation sites excluding steroid dienone is 1. The zero-order valence-corrected chi connectivity index (χ0v) is 11.6. The molecule has 0 aliphatic carbocycles. The van der Waals surface area contributed by atoms with E-state index in [2.05, 4.69) is 51.5 Å². The molecule has 2 heteroatoms. The van der Waals surface area contributed by atoms with Gasteiger partial charge in [-0.3, -0.25) is 0 Å². The van der Waals surface area contributed by atoms with Gasteiger partial charge in [-0.05, 0) is 37.7 Å². The molecule has 0 aromatic rings. The lowest BCUT2D eigenvalue weighted by Crippen LogP contribution is -2.49. The predicted molar refractivity (Wildman–Crippen MR) is 69.0 cm³/mol. The summed E-state index contributed by atoms with van der Waals surface area (Å²) in [6, 6.07) is 4.13. The quantitative estimate of drug-likeness (QED) is 0.572. The summed E-state index contributed by atoms with van der Waals surface area (Å²) in [7, 11) is -1.14. The Morgan fingerprint density at radius 2 is 1.43 bits per heavy atom. The first-order valence-corrected chi connectivity index (χ1v) is 8.70. The van der Waals surface area contributed by atoms with Gasteiger partial charge in [0.2, 0.25) is 0 Å². The van der Waals surface area contributed by atoms with Crippen molar-refractivity contribution < 1.29 is 0 Å². The van der Waals surface area contributed by atoms with Crippen LogP contribution in [0.5, 0.6) is 0 Å². The van der Waals surface area contributed by atoms with Crippen molar-refractivity contribution in [3.05, 3.63) is 12.3 Å². The molecule has 1 nitrogen and oxygen atoms in total. The van der Waals surface area contributed by atoms with Crippen molar-refractivity contribution in [2.45, 2.75) is 59.2 Å². The van der Waals surface area contributed by atoms with Crippen LogP contribution in [0.3, 0.4) is 0 Å². The Bertz CT molecular complexity index is 153. The van der Waals surface area contributed by atoms with E-state index in [1.165, 1.54) is 24.7 Å². The van der Waals surface area contributed by atoms with E-state index >= 15 is 0 Å². The lowest BCUT2D eigenvalue weighted by molar-refractivity contribution is 0.571. The van der Waals surface area contributed by atoms with E-state index in [0.29, 0.717) is 0 Å². The molecule has 0 heterocycles. The molecule has 0 saturated heterocycles. The minimum Gasteiger partial charge on any atom is -0.403 e. The molecular formula is C12H27NSi. The summed E-state index contributed by atoms with van der Waals surface area (Å²) in [5.41, 5.74) is 0. The first-order valence-electron chi connectivity index (χ1n) is 6.14. The third-order valence-electron chi connectivity index (χ3n) is 3.45. The van der Waals surface area contributed by atoms with Crippen LogP contribution in [0.15, 0.2) is 12.3 Å². The molecule has 14 heavy (non-hydrogen) atoms. The molecule has 0 N–H and O–H groups in total. The highest BCUT2D eigenvalue weighted by atomic mass is 28.3. The Labute approximate surface area is 91.3 Å². The van der Waals surface area contributed by atoms with E-state index in [1.807, 2.05) is 0 Å². The fraction of sp³-hybridized carbons (Fsp3) is 0.833. The van der Waals surface area contributed by atoms with E-state index in [-0.39, 0.29) is 0 Å². The van der Waals surface area contributed by atoms with Gasteiger partial charge >= 0.3 is 0 Å². The van der Waals surface area contributed by atoms with Crippen LogP contribution in [-0.4, -0.2) is 19.3 Å². The minimum absolute atomic E-state index is 1.14. The topological polar surface area (TPSA) is 3.24 Å². The molecule has 0 fully saturated rings.